The van der Waals surface area contributed by atoms with Gasteiger partial charge in [-0.15, -0.1) is 12.6 Å². The van der Waals surface area contributed by atoms with Gasteiger partial charge in [-0.05, 0) is 42.7 Å². The highest BCUT2D eigenvalue weighted by molar-refractivity contribution is 7.80. The Morgan fingerprint density at radius 2 is 1.58 bits per heavy atom. The average molecular weight is 274 g/mol. The first-order chi connectivity index (χ1) is 9.26. The molecule has 0 radical (unpaired) electrons. The van der Waals surface area contributed by atoms with Gasteiger partial charge in [0.15, 0.2) is 0 Å². The van der Waals surface area contributed by atoms with E-state index in [0.717, 1.165) is 10.6 Å². The SMILES string of the molecule is CCCCc1ccccc1.COc1ccc(S)cc1. The molecule has 0 fully saturated rings. The first-order valence-electron chi connectivity index (χ1n) is 6.63. The fourth-order valence-corrected chi connectivity index (χ4v) is 1.76. The monoisotopic (exact) mass is 274 g/mol. The van der Waals surface area contributed by atoms with E-state index in [2.05, 4.69) is 49.9 Å². The van der Waals surface area contributed by atoms with E-state index >= 15 is 0 Å². The summed E-state index contributed by atoms with van der Waals surface area (Å²) >= 11 is 4.11. The van der Waals surface area contributed by atoms with Gasteiger partial charge >= 0.3 is 0 Å². The minimum absolute atomic E-state index is 0.868. The minimum atomic E-state index is 0.868. The molecule has 0 aliphatic carbocycles. The third kappa shape index (κ3) is 6.92. The molecule has 19 heavy (non-hydrogen) atoms. The zero-order valence-corrected chi connectivity index (χ0v) is 12.6. The molecule has 0 amide bonds. The summed E-state index contributed by atoms with van der Waals surface area (Å²) in [5.74, 6) is 0.868. The van der Waals surface area contributed by atoms with Crippen LogP contribution in [0.4, 0.5) is 0 Å². The summed E-state index contributed by atoms with van der Waals surface area (Å²) in [4.78, 5) is 0.954. The maximum Gasteiger partial charge on any atom is 0.118 e. The highest BCUT2D eigenvalue weighted by Gasteiger charge is 1.87. The minimum Gasteiger partial charge on any atom is -0.497 e. The lowest BCUT2D eigenvalue weighted by molar-refractivity contribution is 0.414. The normalized spacial score (nSPS) is 9.42. The second-order valence-electron chi connectivity index (χ2n) is 4.29. The highest BCUT2D eigenvalue weighted by atomic mass is 32.1. The van der Waals surface area contributed by atoms with E-state index in [9.17, 15) is 0 Å². The number of unbranched alkanes of at least 4 members (excludes halogenated alkanes) is 1. The molecule has 2 aromatic carbocycles. The van der Waals surface area contributed by atoms with Crippen LogP contribution in [0.25, 0.3) is 0 Å². The summed E-state index contributed by atoms with van der Waals surface area (Å²) in [6.07, 6.45) is 3.83. The smallest absolute Gasteiger partial charge is 0.118 e. The summed E-state index contributed by atoms with van der Waals surface area (Å²) in [5, 5.41) is 0. The number of thiol groups is 1. The van der Waals surface area contributed by atoms with Gasteiger partial charge in [0.1, 0.15) is 5.75 Å². The summed E-state index contributed by atoms with van der Waals surface area (Å²) < 4.78 is 4.94. The van der Waals surface area contributed by atoms with Gasteiger partial charge in [-0.25, -0.2) is 0 Å². The lowest BCUT2D eigenvalue weighted by Gasteiger charge is -1.96. The van der Waals surface area contributed by atoms with E-state index in [0.29, 0.717) is 0 Å². The largest absolute Gasteiger partial charge is 0.497 e. The average Bonchev–Trinajstić information content (AvgIpc) is 2.48. The Morgan fingerprint density at radius 3 is 2.11 bits per heavy atom. The summed E-state index contributed by atoms with van der Waals surface area (Å²) in [6, 6.07) is 18.2. The summed E-state index contributed by atoms with van der Waals surface area (Å²) in [5.41, 5.74) is 1.46. The van der Waals surface area contributed by atoms with Crippen LogP contribution < -0.4 is 4.74 Å². The van der Waals surface area contributed by atoms with Gasteiger partial charge in [-0.3, -0.25) is 0 Å². The van der Waals surface area contributed by atoms with E-state index in [1.807, 2.05) is 24.3 Å². The molecule has 0 saturated carbocycles. The lowest BCUT2D eigenvalue weighted by Crippen LogP contribution is -1.81. The van der Waals surface area contributed by atoms with Crippen molar-refractivity contribution in [2.45, 2.75) is 31.1 Å². The molecular weight excluding hydrogens is 252 g/mol. The summed E-state index contributed by atoms with van der Waals surface area (Å²) in [7, 11) is 1.65. The number of hydrogen-bond donors (Lipinski definition) is 1. The van der Waals surface area contributed by atoms with Gasteiger partial charge in [0, 0.05) is 4.90 Å². The van der Waals surface area contributed by atoms with E-state index in [4.69, 9.17) is 4.74 Å². The van der Waals surface area contributed by atoms with Crippen LogP contribution in [0.5, 0.6) is 5.75 Å². The van der Waals surface area contributed by atoms with Gasteiger partial charge < -0.3 is 4.74 Å². The number of aryl methyl sites for hydroxylation is 1. The molecule has 0 N–H and O–H groups in total. The lowest BCUT2D eigenvalue weighted by atomic mass is 10.1. The van der Waals surface area contributed by atoms with Crippen molar-refractivity contribution in [3.05, 3.63) is 60.2 Å². The molecule has 0 heterocycles. The second kappa shape index (κ2) is 9.51. The van der Waals surface area contributed by atoms with Crippen LogP contribution in [0.2, 0.25) is 0 Å². The van der Waals surface area contributed by atoms with E-state index in [1.54, 1.807) is 7.11 Å². The van der Waals surface area contributed by atoms with Crippen molar-refractivity contribution < 1.29 is 4.74 Å². The van der Waals surface area contributed by atoms with Crippen LogP contribution in [-0.2, 0) is 6.42 Å². The van der Waals surface area contributed by atoms with Gasteiger partial charge in [-0.2, -0.15) is 0 Å². The van der Waals surface area contributed by atoms with E-state index < -0.39 is 0 Å². The standard InChI is InChI=1S/C10H14.C7H8OS/c1-2-3-7-10-8-5-4-6-9-10;1-8-6-2-4-7(9)5-3-6/h4-6,8-9H,2-3,7H2,1H3;2-5,9H,1H3. The van der Waals surface area contributed by atoms with Crippen LogP contribution in [-0.4, -0.2) is 7.11 Å². The van der Waals surface area contributed by atoms with Crippen molar-refractivity contribution in [3.8, 4) is 5.75 Å². The van der Waals surface area contributed by atoms with Crippen molar-refractivity contribution in [3.63, 3.8) is 0 Å². The number of rotatable bonds is 4. The predicted octanol–water partition coefficient (Wildman–Crippen LogP) is 5.01. The summed E-state index contributed by atoms with van der Waals surface area (Å²) in [6.45, 7) is 2.23. The zero-order valence-electron chi connectivity index (χ0n) is 11.7. The Kier molecular flexibility index (Phi) is 7.83. The fraction of sp³-hybridized carbons (Fsp3) is 0.294. The van der Waals surface area contributed by atoms with Crippen molar-refractivity contribution >= 4 is 12.6 Å². The maximum atomic E-state index is 4.94. The van der Waals surface area contributed by atoms with Crippen molar-refractivity contribution in [2.24, 2.45) is 0 Å². The van der Waals surface area contributed by atoms with Gasteiger partial charge in [-0.1, -0.05) is 43.7 Å². The Labute approximate surface area is 122 Å². The third-order valence-electron chi connectivity index (χ3n) is 2.73. The van der Waals surface area contributed by atoms with Crippen LogP contribution in [0, 0.1) is 0 Å². The molecule has 0 atom stereocenters. The molecule has 0 saturated heterocycles. The first kappa shape index (κ1) is 15.6. The highest BCUT2D eigenvalue weighted by Crippen LogP contribution is 2.12. The zero-order chi connectivity index (χ0) is 13.9. The van der Waals surface area contributed by atoms with E-state index in [1.165, 1.54) is 24.8 Å². The van der Waals surface area contributed by atoms with Crippen molar-refractivity contribution in [1.82, 2.24) is 0 Å². The molecule has 0 aliphatic rings. The molecule has 0 aliphatic heterocycles. The van der Waals surface area contributed by atoms with Crippen molar-refractivity contribution in [1.29, 1.82) is 0 Å². The molecule has 102 valence electrons. The molecule has 0 spiro atoms. The van der Waals surface area contributed by atoms with Gasteiger partial charge in [0.25, 0.3) is 0 Å². The van der Waals surface area contributed by atoms with Crippen LogP contribution in [0.1, 0.15) is 25.3 Å². The fourth-order valence-electron chi connectivity index (χ4n) is 1.61. The van der Waals surface area contributed by atoms with Crippen LogP contribution >= 0.6 is 12.6 Å². The van der Waals surface area contributed by atoms with Crippen LogP contribution in [0.15, 0.2) is 59.5 Å². The predicted molar refractivity (Wildman–Crippen MR) is 85.3 cm³/mol. The molecule has 2 heteroatoms. The molecule has 0 unspecified atom stereocenters. The van der Waals surface area contributed by atoms with Gasteiger partial charge in [0.05, 0.1) is 7.11 Å². The van der Waals surface area contributed by atoms with E-state index in [-0.39, 0.29) is 0 Å². The van der Waals surface area contributed by atoms with Crippen molar-refractivity contribution in [2.75, 3.05) is 7.11 Å². The quantitative estimate of drug-likeness (QED) is 0.771. The second-order valence-corrected chi connectivity index (χ2v) is 4.80. The molecule has 2 rings (SSSR count). The third-order valence-corrected chi connectivity index (χ3v) is 3.03. The first-order valence-corrected chi connectivity index (χ1v) is 7.08. The number of hydrogen-bond acceptors (Lipinski definition) is 2. The molecule has 1 nitrogen and oxygen atoms in total. The number of ether oxygens (including phenoxy) is 1. The topological polar surface area (TPSA) is 9.23 Å². The molecular formula is C17H22OS. The number of methoxy groups -OCH3 is 1. The molecule has 0 aromatic heterocycles. The Bertz CT molecular complexity index is 437. The van der Waals surface area contributed by atoms with Crippen LogP contribution in [0.3, 0.4) is 0 Å². The maximum absolute atomic E-state index is 4.94. The number of benzene rings is 2. The van der Waals surface area contributed by atoms with Gasteiger partial charge in [0.2, 0.25) is 0 Å². The molecule has 2 aromatic rings. The Balaban J connectivity index is 0.000000191. The Morgan fingerprint density at radius 1 is 0.947 bits per heavy atom. The Hall–Kier alpha value is -1.41. The molecule has 0 bridgehead atoms.